The summed E-state index contributed by atoms with van der Waals surface area (Å²) in [6.07, 6.45) is 6.99. The summed E-state index contributed by atoms with van der Waals surface area (Å²) in [7, 11) is 0. The molecule has 6 heteroatoms. The maximum Gasteiger partial charge on any atom is 0.320 e. The molecule has 0 spiro atoms. The molecule has 2 aliphatic heterocycles. The number of nitrogens with zero attached hydrogens (tertiary/aromatic N) is 2. The summed E-state index contributed by atoms with van der Waals surface area (Å²) >= 11 is 0. The highest BCUT2D eigenvalue weighted by molar-refractivity contribution is 5.81. The minimum atomic E-state index is -0.107. The first-order valence-electron chi connectivity index (χ1n) is 10.3. The number of likely N-dealkylation sites (tertiary alicyclic amines) is 2. The van der Waals surface area contributed by atoms with E-state index in [0.29, 0.717) is 6.54 Å². The van der Waals surface area contributed by atoms with Crippen molar-refractivity contribution in [3.05, 3.63) is 29.3 Å². The van der Waals surface area contributed by atoms with E-state index in [1.165, 1.54) is 11.1 Å². The Morgan fingerprint density at radius 2 is 1.78 bits per heavy atom. The van der Waals surface area contributed by atoms with Crippen molar-refractivity contribution in [2.75, 3.05) is 31.9 Å². The van der Waals surface area contributed by atoms with Gasteiger partial charge in [-0.3, -0.25) is 4.79 Å². The van der Waals surface area contributed by atoms with E-state index in [9.17, 15) is 9.59 Å². The number of carbonyl (C=O) groups is 2. The van der Waals surface area contributed by atoms with Gasteiger partial charge in [0.15, 0.2) is 0 Å². The third-order valence-electron chi connectivity index (χ3n) is 6.24. The SMILES string of the molecule is Nc1ccc2c(c1)CCCC2NC(=O)C1CCCN(C(=O)N2CCCC2)C1. The zero-order valence-electron chi connectivity index (χ0n) is 16.0. The first kappa shape index (κ1) is 18.1. The van der Waals surface area contributed by atoms with Crippen LogP contribution in [-0.4, -0.2) is 47.9 Å². The Balaban J connectivity index is 1.39. The molecule has 6 nitrogen and oxygen atoms in total. The molecule has 2 saturated heterocycles. The van der Waals surface area contributed by atoms with Crippen LogP contribution >= 0.6 is 0 Å². The Bertz CT molecular complexity index is 714. The number of piperidine rings is 1. The Kier molecular flexibility index (Phi) is 5.23. The van der Waals surface area contributed by atoms with Crippen molar-refractivity contribution in [2.45, 2.75) is 51.0 Å². The number of amides is 3. The highest BCUT2D eigenvalue weighted by Gasteiger charge is 2.33. The van der Waals surface area contributed by atoms with Gasteiger partial charge in [0.2, 0.25) is 5.91 Å². The van der Waals surface area contributed by atoms with Crippen molar-refractivity contribution in [2.24, 2.45) is 5.92 Å². The van der Waals surface area contributed by atoms with Crippen LogP contribution in [0.2, 0.25) is 0 Å². The maximum atomic E-state index is 12.9. The minimum Gasteiger partial charge on any atom is -0.399 e. The van der Waals surface area contributed by atoms with Crippen molar-refractivity contribution in [3.8, 4) is 0 Å². The van der Waals surface area contributed by atoms with Crippen LogP contribution in [0.3, 0.4) is 0 Å². The molecule has 2 fully saturated rings. The first-order valence-corrected chi connectivity index (χ1v) is 10.3. The van der Waals surface area contributed by atoms with Crippen LogP contribution in [0.1, 0.15) is 55.7 Å². The number of hydrogen-bond acceptors (Lipinski definition) is 3. The molecule has 3 N–H and O–H groups in total. The molecular formula is C21H30N4O2. The number of rotatable bonds is 2. The van der Waals surface area contributed by atoms with Crippen LogP contribution < -0.4 is 11.1 Å². The van der Waals surface area contributed by atoms with Gasteiger partial charge in [-0.1, -0.05) is 6.07 Å². The number of hydrogen-bond donors (Lipinski definition) is 2. The molecule has 146 valence electrons. The van der Waals surface area contributed by atoms with Gasteiger partial charge in [0.1, 0.15) is 0 Å². The fraction of sp³-hybridized carbons (Fsp3) is 0.619. The van der Waals surface area contributed by atoms with Crippen LogP contribution in [0.25, 0.3) is 0 Å². The fourth-order valence-corrected chi connectivity index (χ4v) is 4.75. The number of carbonyl (C=O) groups excluding carboxylic acids is 2. The van der Waals surface area contributed by atoms with Crippen molar-refractivity contribution >= 4 is 17.6 Å². The standard InChI is InChI=1S/C21H30N4O2/c22-17-8-9-18-15(13-17)5-3-7-19(18)23-20(26)16-6-4-12-25(14-16)21(27)24-10-1-2-11-24/h8-9,13,16,19H,1-7,10-12,14,22H2,(H,23,26). The molecule has 3 amide bonds. The molecule has 2 atom stereocenters. The Hall–Kier alpha value is -2.24. The quantitative estimate of drug-likeness (QED) is 0.786. The average Bonchev–Trinajstić information content (AvgIpc) is 3.22. The number of benzene rings is 1. The van der Waals surface area contributed by atoms with E-state index in [4.69, 9.17) is 5.73 Å². The maximum absolute atomic E-state index is 12.9. The van der Waals surface area contributed by atoms with Gasteiger partial charge in [0.05, 0.1) is 12.0 Å². The van der Waals surface area contributed by atoms with Gasteiger partial charge < -0.3 is 20.9 Å². The molecule has 1 aromatic carbocycles. The van der Waals surface area contributed by atoms with Crippen molar-refractivity contribution in [3.63, 3.8) is 0 Å². The van der Waals surface area contributed by atoms with E-state index >= 15 is 0 Å². The number of anilines is 1. The molecule has 2 heterocycles. The first-order chi connectivity index (χ1) is 13.1. The molecule has 0 aromatic heterocycles. The molecule has 0 saturated carbocycles. The van der Waals surface area contributed by atoms with Crippen LogP contribution in [0.5, 0.6) is 0 Å². The molecular weight excluding hydrogens is 340 g/mol. The zero-order chi connectivity index (χ0) is 18.8. The van der Waals surface area contributed by atoms with Crippen molar-refractivity contribution in [1.82, 2.24) is 15.1 Å². The Morgan fingerprint density at radius 1 is 1.00 bits per heavy atom. The molecule has 1 aliphatic carbocycles. The Labute approximate surface area is 161 Å². The smallest absolute Gasteiger partial charge is 0.320 e. The van der Waals surface area contributed by atoms with E-state index in [1.807, 2.05) is 21.9 Å². The lowest BCUT2D eigenvalue weighted by atomic mass is 9.86. The zero-order valence-corrected chi connectivity index (χ0v) is 16.0. The molecule has 0 bridgehead atoms. The van der Waals surface area contributed by atoms with Crippen molar-refractivity contribution in [1.29, 1.82) is 0 Å². The van der Waals surface area contributed by atoms with Gasteiger partial charge in [0, 0.05) is 31.9 Å². The lowest BCUT2D eigenvalue weighted by molar-refractivity contribution is -0.127. The van der Waals surface area contributed by atoms with E-state index in [1.54, 1.807) is 0 Å². The highest BCUT2D eigenvalue weighted by atomic mass is 16.2. The monoisotopic (exact) mass is 370 g/mol. The predicted molar refractivity (Wildman–Crippen MR) is 105 cm³/mol. The second-order valence-corrected chi connectivity index (χ2v) is 8.17. The average molecular weight is 370 g/mol. The topological polar surface area (TPSA) is 78.7 Å². The van der Waals surface area contributed by atoms with E-state index in [0.717, 1.165) is 70.3 Å². The van der Waals surface area contributed by atoms with Gasteiger partial charge in [0.25, 0.3) is 0 Å². The normalized spacial score (nSPS) is 25.2. The van der Waals surface area contributed by atoms with E-state index in [2.05, 4.69) is 11.4 Å². The lowest BCUT2D eigenvalue weighted by Crippen LogP contribution is -2.50. The summed E-state index contributed by atoms with van der Waals surface area (Å²) in [6, 6.07) is 6.18. The van der Waals surface area contributed by atoms with E-state index < -0.39 is 0 Å². The largest absolute Gasteiger partial charge is 0.399 e. The van der Waals surface area contributed by atoms with Crippen LogP contribution in [0.4, 0.5) is 10.5 Å². The van der Waals surface area contributed by atoms with Gasteiger partial charge in [-0.05, 0) is 68.2 Å². The van der Waals surface area contributed by atoms with Crippen LogP contribution in [0, 0.1) is 5.92 Å². The number of nitrogens with two attached hydrogens (primary N) is 1. The number of aryl methyl sites for hydroxylation is 1. The second-order valence-electron chi connectivity index (χ2n) is 8.17. The number of nitrogens with one attached hydrogen (secondary N) is 1. The molecule has 4 rings (SSSR count). The highest BCUT2D eigenvalue weighted by Crippen LogP contribution is 2.31. The second kappa shape index (κ2) is 7.79. The van der Waals surface area contributed by atoms with Gasteiger partial charge in [-0.15, -0.1) is 0 Å². The van der Waals surface area contributed by atoms with Gasteiger partial charge in [-0.25, -0.2) is 4.79 Å². The Morgan fingerprint density at radius 3 is 2.59 bits per heavy atom. The predicted octanol–water partition coefficient (Wildman–Crippen LogP) is 2.69. The minimum absolute atomic E-state index is 0.0616. The lowest BCUT2D eigenvalue weighted by Gasteiger charge is -2.35. The summed E-state index contributed by atoms with van der Waals surface area (Å²) in [5, 5.41) is 3.26. The summed E-state index contributed by atoms with van der Waals surface area (Å²) < 4.78 is 0. The summed E-state index contributed by atoms with van der Waals surface area (Å²) in [4.78, 5) is 29.4. The van der Waals surface area contributed by atoms with Gasteiger partial charge in [-0.2, -0.15) is 0 Å². The summed E-state index contributed by atoms with van der Waals surface area (Å²) in [5.41, 5.74) is 9.14. The molecule has 27 heavy (non-hydrogen) atoms. The van der Waals surface area contributed by atoms with E-state index in [-0.39, 0.29) is 23.9 Å². The molecule has 2 unspecified atom stereocenters. The fourth-order valence-electron chi connectivity index (χ4n) is 4.75. The van der Waals surface area contributed by atoms with Crippen molar-refractivity contribution < 1.29 is 9.59 Å². The third kappa shape index (κ3) is 3.89. The number of fused-ring (bicyclic) bond motifs is 1. The van der Waals surface area contributed by atoms with Gasteiger partial charge >= 0.3 is 6.03 Å². The molecule has 0 radical (unpaired) electrons. The van der Waals surface area contributed by atoms with Crippen LogP contribution in [-0.2, 0) is 11.2 Å². The molecule has 1 aromatic rings. The third-order valence-corrected chi connectivity index (χ3v) is 6.24. The number of urea groups is 1. The number of nitrogen functional groups attached to an aromatic ring is 1. The summed E-state index contributed by atoms with van der Waals surface area (Å²) in [5.74, 6) is -0.0203. The molecule has 3 aliphatic rings. The van der Waals surface area contributed by atoms with Crippen LogP contribution in [0.15, 0.2) is 18.2 Å². The summed E-state index contributed by atoms with van der Waals surface area (Å²) in [6.45, 7) is 3.02.